The molecule has 0 aliphatic carbocycles. The van der Waals surface area contributed by atoms with Crippen molar-refractivity contribution < 1.29 is 23.6 Å². The number of carbonyl (C=O) groups is 4. The van der Waals surface area contributed by atoms with E-state index in [0.29, 0.717) is 31.9 Å². The van der Waals surface area contributed by atoms with Crippen LogP contribution in [0.5, 0.6) is 0 Å². The highest BCUT2D eigenvalue weighted by Crippen LogP contribution is 2.32. The molecule has 2 saturated heterocycles. The van der Waals surface area contributed by atoms with E-state index < -0.39 is 17.0 Å². The largest absolute Gasteiger partial charge is 0.353 e. The highest BCUT2D eigenvalue weighted by molar-refractivity contribution is 8.18. The molecular weight excluding hydrogens is 473 g/mol. The van der Waals surface area contributed by atoms with Crippen LogP contribution in [-0.4, -0.2) is 88.5 Å². The summed E-state index contributed by atoms with van der Waals surface area (Å²) in [7, 11) is 0. The number of imide groups is 1. The molecule has 0 bridgehead atoms. The van der Waals surface area contributed by atoms with Gasteiger partial charge in [0.15, 0.2) is 0 Å². The maximum atomic E-state index is 13.8. The molecule has 0 spiro atoms. The first-order valence-electron chi connectivity index (χ1n) is 11.1. The number of halogens is 1. The number of amides is 4. The smallest absolute Gasteiger partial charge is 0.293 e. The van der Waals surface area contributed by atoms with Crippen molar-refractivity contribution in [3.8, 4) is 0 Å². The van der Waals surface area contributed by atoms with E-state index in [0.717, 1.165) is 16.7 Å². The number of rotatable bonds is 7. The van der Waals surface area contributed by atoms with Gasteiger partial charge < -0.3 is 10.2 Å². The lowest BCUT2D eigenvalue weighted by Gasteiger charge is -2.34. The van der Waals surface area contributed by atoms with Crippen molar-refractivity contribution in [3.63, 3.8) is 0 Å². The van der Waals surface area contributed by atoms with E-state index in [1.807, 2.05) is 4.90 Å². The van der Waals surface area contributed by atoms with Crippen molar-refractivity contribution in [2.75, 3.05) is 45.8 Å². The highest BCUT2D eigenvalue weighted by Gasteiger charge is 2.35. The minimum atomic E-state index is -0.508. The Bertz CT molecular complexity index is 1150. The predicted molar refractivity (Wildman–Crippen MR) is 129 cm³/mol. The van der Waals surface area contributed by atoms with Gasteiger partial charge in [0.2, 0.25) is 5.91 Å². The van der Waals surface area contributed by atoms with Gasteiger partial charge in [-0.05, 0) is 36.0 Å². The molecule has 35 heavy (non-hydrogen) atoms. The van der Waals surface area contributed by atoms with Crippen molar-refractivity contribution in [2.24, 2.45) is 0 Å². The second-order valence-electron chi connectivity index (χ2n) is 7.99. The van der Waals surface area contributed by atoms with Crippen molar-refractivity contribution in [1.82, 2.24) is 25.0 Å². The van der Waals surface area contributed by atoms with Crippen LogP contribution in [0, 0.1) is 5.82 Å². The average molecular weight is 498 g/mol. The molecule has 4 rings (SSSR count). The third kappa shape index (κ3) is 6.11. The molecule has 0 atom stereocenters. The third-order valence-electron chi connectivity index (χ3n) is 5.63. The fourth-order valence-electron chi connectivity index (χ4n) is 3.75. The van der Waals surface area contributed by atoms with Crippen LogP contribution in [0.4, 0.5) is 9.18 Å². The zero-order valence-corrected chi connectivity index (χ0v) is 19.7. The van der Waals surface area contributed by atoms with Crippen molar-refractivity contribution >= 4 is 40.8 Å². The summed E-state index contributed by atoms with van der Waals surface area (Å²) in [6.45, 7) is 2.38. The van der Waals surface area contributed by atoms with E-state index in [-0.39, 0.29) is 41.9 Å². The van der Waals surface area contributed by atoms with Gasteiger partial charge in [0, 0.05) is 51.0 Å². The molecule has 1 N–H and O–H groups in total. The van der Waals surface area contributed by atoms with E-state index in [2.05, 4.69) is 10.3 Å². The molecule has 2 aromatic rings. The Hall–Kier alpha value is -3.57. The number of hydrogen-bond acceptors (Lipinski definition) is 7. The second kappa shape index (κ2) is 11.2. The number of nitrogens with one attached hydrogen (secondary N) is 1. The Morgan fingerprint density at radius 2 is 1.80 bits per heavy atom. The molecule has 2 fully saturated rings. The van der Waals surface area contributed by atoms with E-state index in [9.17, 15) is 23.6 Å². The first kappa shape index (κ1) is 24.6. The van der Waals surface area contributed by atoms with Crippen LogP contribution < -0.4 is 5.32 Å². The normalized spacial score (nSPS) is 17.8. The van der Waals surface area contributed by atoms with E-state index >= 15 is 0 Å². The monoisotopic (exact) mass is 497 g/mol. The number of aromatic nitrogens is 1. The molecule has 1 aromatic carbocycles. The molecule has 182 valence electrons. The first-order valence-corrected chi connectivity index (χ1v) is 11.9. The molecular formula is C24H24FN5O4S. The quantitative estimate of drug-likeness (QED) is 0.582. The lowest BCUT2D eigenvalue weighted by atomic mass is 10.2. The number of piperazine rings is 1. The summed E-state index contributed by atoms with van der Waals surface area (Å²) in [5.41, 5.74) is 0.628. The molecule has 0 saturated carbocycles. The molecule has 2 aliphatic rings. The van der Waals surface area contributed by atoms with Gasteiger partial charge in [0.05, 0.1) is 11.4 Å². The SMILES string of the molecule is O=C(CN1CCN(C(=O)c2ccccn2)CC1)NCCN1C(=O)S/C(=C\c2ccccc2F)C1=O. The van der Waals surface area contributed by atoms with Crippen LogP contribution in [0.3, 0.4) is 0 Å². The van der Waals surface area contributed by atoms with E-state index in [4.69, 9.17) is 0 Å². The van der Waals surface area contributed by atoms with Gasteiger partial charge in [0.25, 0.3) is 17.1 Å². The Labute approximate surface area is 206 Å². The standard InChI is InChI=1S/C24H24FN5O4S/c25-18-6-2-1-5-17(18)15-20-23(33)30(24(34)35-20)10-9-27-21(31)16-28-11-13-29(14-12-28)22(32)19-7-3-4-8-26-19/h1-8,15H,9-14,16H2,(H,27,31)/b20-15-. The van der Waals surface area contributed by atoms with Gasteiger partial charge >= 0.3 is 0 Å². The molecule has 0 radical (unpaired) electrons. The summed E-state index contributed by atoms with van der Waals surface area (Å²) in [5.74, 6) is -1.35. The van der Waals surface area contributed by atoms with Crippen LogP contribution in [0.2, 0.25) is 0 Å². The molecule has 1 aromatic heterocycles. The molecule has 9 nitrogen and oxygen atoms in total. The van der Waals surface area contributed by atoms with Gasteiger partial charge in [-0.25, -0.2) is 4.39 Å². The molecule has 0 unspecified atom stereocenters. The zero-order chi connectivity index (χ0) is 24.8. The lowest BCUT2D eigenvalue weighted by Crippen LogP contribution is -2.51. The Morgan fingerprint density at radius 1 is 1.06 bits per heavy atom. The van der Waals surface area contributed by atoms with Crippen molar-refractivity contribution in [1.29, 1.82) is 0 Å². The number of benzene rings is 1. The molecule has 11 heteroatoms. The number of pyridine rings is 1. The number of thioether (sulfide) groups is 1. The number of carbonyl (C=O) groups excluding carboxylic acids is 4. The highest BCUT2D eigenvalue weighted by atomic mass is 32.2. The number of hydrogen-bond donors (Lipinski definition) is 1. The van der Waals surface area contributed by atoms with Crippen molar-refractivity contribution in [2.45, 2.75) is 0 Å². The van der Waals surface area contributed by atoms with E-state index in [1.165, 1.54) is 18.2 Å². The third-order valence-corrected chi connectivity index (χ3v) is 6.54. The van der Waals surface area contributed by atoms with Crippen LogP contribution >= 0.6 is 11.8 Å². The van der Waals surface area contributed by atoms with Gasteiger partial charge in [0.1, 0.15) is 11.5 Å². The Balaban J connectivity index is 1.20. The summed E-state index contributed by atoms with van der Waals surface area (Å²) in [5, 5.41) is 2.27. The zero-order valence-electron chi connectivity index (χ0n) is 18.9. The summed E-state index contributed by atoms with van der Waals surface area (Å²) >= 11 is 0.748. The minimum absolute atomic E-state index is 0.0252. The van der Waals surface area contributed by atoms with Gasteiger partial charge in [-0.1, -0.05) is 24.3 Å². The molecule has 4 amide bonds. The molecule has 2 aliphatic heterocycles. The van der Waals surface area contributed by atoms with Gasteiger partial charge in [-0.3, -0.25) is 34.0 Å². The summed E-state index contributed by atoms with van der Waals surface area (Å²) in [4.78, 5) is 58.5. The number of nitrogens with zero attached hydrogens (tertiary/aromatic N) is 4. The Kier molecular flexibility index (Phi) is 7.88. The molecule has 3 heterocycles. The Morgan fingerprint density at radius 3 is 2.51 bits per heavy atom. The first-order chi connectivity index (χ1) is 16.9. The summed E-state index contributed by atoms with van der Waals surface area (Å²) < 4.78 is 13.8. The van der Waals surface area contributed by atoms with Crippen molar-refractivity contribution in [3.05, 3.63) is 70.6 Å². The summed E-state index contributed by atoms with van der Waals surface area (Å²) in [6.07, 6.45) is 2.94. The maximum Gasteiger partial charge on any atom is 0.293 e. The van der Waals surface area contributed by atoms with Crippen LogP contribution in [0.25, 0.3) is 6.08 Å². The van der Waals surface area contributed by atoms with Gasteiger partial charge in [-0.2, -0.15) is 0 Å². The van der Waals surface area contributed by atoms with Crippen LogP contribution in [-0.2, 0) is 9.59 Å². The lowest BCUT2D eigenvalue weighted by molar-refractivity contribution is -0.125. The predicted octanol–water partition coefficient (Wildman–Crippen LogP) is 1.83. The van der Waals surface area contributed by atoms with Crippen LogP contribution in [0.1, 0.15) is 16.1 Å². The fourth-order valence-corrected chi connectivity index (χ4v) is 4.61. The average Bonchev–Trinajstić information content (AvgIpc) is 3.13. The van der Waals surface area contributed by atoms with Crippen LogP contribution in [0.15, 0.2) is 53.6 Å². The second-order valence-corrected chi connectivity index (χ2v) is 8.98. The summed E-state index contributed by atoms with van der Waals surface area (Å²) in [6, 6.07) is 11.2. The topological polar surface area (TPSA) is 103 Å². The fraction of sp³-hybridized carbons (Fsp3) is 0.292. The van der Waals surface area contributed by atoms with E-state index in [1.54, 1.807) is 41.4 Å². The maximum absolute atomic E-state index is 13.8. The van der Waals surface area contributed by atoms with Gasteiger partial charge in [-0.15, -0.1) is 0 Å². The minimum Gasteiger partial charge on any atom is -0.353 e.